The maximum absolute atomic E-state index is 15.1. The van der Waals surface area contributed by atoms with Gasteiger partial charge in [0.25, 0.3) is 10.0 Å². The van der Waals surface area contributed by atoms with Gasteiger partial charge in [0.05, 0.1) is 10.6 Å². The Morgan fingerprint density at radius 3 is 2.07 bits per heavy atom. The molecule has 9 heteroatoms. The molecule has 4 aromatic rings. The molecule has 0 aliphatic carbocycles. The van der Waals surface area contributed by atoms with Crippen molar-refractivity contribution in [1.29, 1.82) is 0 Å². The van der Waals surface area contributed by atoms with Gasteiger partial charge in [-0.3, -0.25) is 13.9 Å². The monoisotopic (exact) mass is 629 g/mol. The van der Waals surface area contributed by atoms with Crippen LogP contribution < -0.4 is 9.62 Å². The molecule has 0 radical (unpaired) electrons. The van der Waals surface area contributed by atoms with Crippen LogP contribution in [0.25, 0.3) is 0 Å². The van der Waals surface area contributed by atoms with E-state index in [2.05, 4.69) is 5.32 Å². The molecule has 4 rings (SSSR count). The van der Waals surface area contributed by atoms with Gasteiger partial charge in [0, 0.05) is 24.1 Å². The predicted octanol–water partition coefficient (Wildman–Crippen LogP) is 6.19. The smallest absolute Gasteiger partial charge is 0.264 e. The number of nitrogens with one attached hydrogen (secondary N) is 1. The van der Waals surface area contributed by atoms with E-state index in [1.807, 2.05) is 64.1 Å². The van der Waals surface area contributed by atoms with Gasteiger partial charge in [-0.1, -0.05) is 78.9 Å². The van der Waals surface area contributed by atoms with E-state index in [4.69, 9.17) is 0 Å². The summed E-state index contributed by atoms with van der Waals surface area (Å²) in [6, 6.07) is 27.5. The van der Waals surface area contributed by atoms with Gasteiger partial charge < -0.3 is 10.2 Å². The highest BCUT2D eigenvalue weighted by molar-refractivity contribution is 7.92. The topological polar surface area (TPSA) is 86.8 Å². The number of halogens is 1. The van der Waals surface area contributed by atoms with E-state index in [1.54, 1.807) is 55.5 Å². The summed E-state index contributed by atoms with van der Waals surface area (Å²) in [6.07, 6.45) is 0.137. The Bertz CT molecular complexity index is 1740. The Morgan fingerprint density at radius 1 is 0.844 bits per heavy atom. The molecule has 45 heavy (non-hydrogen) atoms. The van der Waals surface area contributed by atoms with Gasteiger partial charge in [0.2, 0.25) is 11.8 Å². The lowest BCUT2D eigenvalue weighted by Crippen LogP contribution is -2.56. The third-order valence-corrected chi connectivity index (χ3v) is 9.09. The van der Waals surface area contributed by atoms with Gasteiger partial charge in [-0.05, 0) is 75.6 Å². The fraction of sp³-hybridized carbons (Fsp3) is 0.278. The highest BCUT2D eigenvalue weighted by atomic mass is 32.2. The molecule has 0 saturated heterocycles. The number of hydrogen-bond donors (Lipinski definition) is 1. The second-order valence-corrected chi connectivity index (χ2v) is 14.0. The minimum atomic E-state index is -4.23. The Kier molecular flexibility index (Phi) is 10.4. The van der Waals surface area contributed by atoms with E-state index in [0.29, 0.717) is 11.3 Å². The summed E-state index contributed by atoms with van der Waals surface area (Å²) < 4.78 is 44.5. The zero-order chi connectivity index (χ0) is 32.8. The summed E-state index contributed by atoms with van der Waals surface area (Å²) in [7, 11) is -4.23. The lowest BCUT2D eigenvalue weighted by atomic mass is 10.0. The zero-order valence-electron chi connectivity index (χ0n) is 26.3. The Hall–Kier alpha value is -4.50. The lowest BCUT2D eigenvalue weighted by molar-refractivity contribution is -0.140. The number of aryl methyl sites for hydroxylation is 2. The van der Waals surface area contributed by atoms with Crippen LogP contribution >= 0.6 is 0 Å². The molecule has 0 aromatic heterocycles. The van der Waals surface area contributed by atoms with Crippen molar-refractivity contribution in [3.63, 3.8) is 0 Å². The number of benzene rings is 4. The first-order valence-corrected chi connectivity index (χ1v) is 16.2. The van der Waals surface area contributed by atoms with Crippen LogP contribution in [0.5, 0.6) is 0 Å². The van der Waals surface area contributed by atoms with Crippen LogP contribution in [-0.2, 0) is 32.6 Å². The van der Waals surface area contributed by atoms with Crippen LogP contribution in [0.15, 0.2) is 108 Å². The van der Waals surface area contributed by atoms with Crippen molar-refractivity contribution in [2.45, 2.75) is 64.1 Å². The number of rotatable bonds is 11. The highest BCUT2D eigenvalue weighted by Crippen LogP contribution is 2.29. The second kappa shape index (κ2) is 14.1. The van der Waals surface area contributed by atoms with Crippen molar-refractivity contribution in [2.75, 3.05) is 10.8 Å². The summed E-state index contributed by atoms with van der Waals surface area (Å²) in [5.41, 5.74) is 2.18. The molecule has 0 unspecified atom stereocenters. The molecule has 0 saturated carbocycles. The van der Waals surface area contributed by atoms with E-state index in [0.717, 1.165) is 15.4 Å². The number of amides is 2. The molecule has 0 aliphatic heterocycles. The van der Waals surface area contributed by atoms with E-state index in [-0.39, 0.29) is 23.4 Å². The molecular weight excluding hydrogens is 589 g/mol. The molecule has 236 valence electrons. The molecule has 1 atom stereocenters. The van der Waals surface area contributed by atoms with Gasteiger partial charge in [0.1, 0.15) is 18.4 Å². The van der Waals surface area contributed by atoms with Crippen LogP contribution in [0.3, 0.4) is 0 Å². The van der Waals surface area contributed by atoms with Crippen molar-refractivity contribution in [1.82, 2.24) is 10.2 Å². The normalized spacial score (nSPS) is 12.3. The first kappa shape index (κ1) is 33.4. The number of carbonyl (C=O) groups is 2. The van der Waals surface area contributed by atoms with Crippen molar-refractivity contribution in [3.05, 3.63) is 131 Å². The molecule has 0 heterocycles. The van der Waals surface area contributed by atoms with Crippen molar-refractivity contribution in [2.24, 2.45) is 0 Å². The van der Waals surface area contributed by atoms with Gasteiger partial charge in [-0.25, -0.2) is 12.8 Å². The van der Waals surface area contributed by atoms with E-state index in [9.17, 15) is 18.0 Å². The first-order chi connectivity index (χ1) is 21.3. The van der Waals surface area contributed by atoms with E-state index >= 15 is 4.39 Å². The number of hydrogen-bond acceptors (Lipinski definition) is 4. The molecule has 0 spiro atoms. The maximum Gasteiger partial charge on any atom is 0.264 e. The van der Waals surface area contributed by atoms with Crippen LogP contribution in [-0.4, -0.2) is 43.3 Å². The Labute approximate surface area is 265 Å². The number of anilines is 1. The molecule has 0 bridgehead atoms. The van der Waals surface area contributed by atoms with Crippen molar-refractivity contribution < 1.29 is 22.4 Å². The summed E-state index contributed by atoms with van der Waals surface area (Å²) >= 11 is 0. The van der Waals surface area contributed by atoms with Gasteiger partial charge in [0.15, 0.2) is 0 Å². The fourth-order valence-corrected chi connectivity index (χ4v) is 6.53. The van der Waals surface area contributed by atoms with Crippen molar-refractivity contribution in [3.8, 4) is 0 Å². The maximum atomic E-state index is 15.1. The Balaban J connectivity index is 1.85. The quantitative estimate of drug-likeness (QED) is 0.214. The summed E-state index contributed by atoms with van der Waals surface area (Å²) in [5, 5.41) is 2.97. The third-order valence-electron chi connectivity index (χ3n) is 7.31. The van der Waals surface area contributed by atoms with Gasteiger partial charge in [-0.2, -0.15) is 0 Å². The summed E-state index contributed by atoms with van der Waals surface area (Å²) in [6.45, 7) is 8.28. The van der Waals surface area contributed by atoms with Gasteiger partial charge >= 0.3 is 0 Å². The second-order valence-electron chi connectivity index (χ2n) is 12.2. The minimum Gasteiger partial charge on any atom is -0.350 e. The average Bonchev–Trinajstić information content (AvgIpc) is 2.99. The molecule has 4 aromatic carbocycles. The zero-order valence-corrected chi connectivity index (χ0v) is 27.1. The third kappa shape index (κ3) is 8.57. The molecule has 7 nitrogen and oxygen atoms in total. The number of sulfonamides is 1. The SMILES string of the molecule is Cc1ccc(C)c(N(CC(=O)N(Cc2ccccc2F)[C@@H](Cc2ccccc2)C(=O)NC(C)(C)C)S(=O)(=O)c2ccccc2)c1. The largest absolute Gasteiger partial charge is 0.350 e. The standard InChI is InChI=1S/C36H40FN3O4S/c1-26-20-21-27(2)32(22-26)40(45(43,44)30-17-10-7-11-18-30)25-34(41)39(24-29-16-12-13-19-31(29)37)33(35(42)38-36(3,4)5)23-28-14-8-6-9-15-28/h6-22,33H,23-25H2,1-5H3,(H,38,42)/t33-/m0/s1. The predicted molar refractivity (Wildman–Crippen MR) is 176 cm³/mol. The Morgan fingerprint density at radius 2 is 1.44 bits per heavy atom. The molecule has 1 N–H and O–H groups in total. The molecule has 0 aliphatic rings. The van der Waals surface area contributed by atoms with Crippen LogP contribution in [0.2, 0.25) is 0 Å². The van der Waals surface area contributed by atoms with E-state index in [1.165, 1.54) is 23.1 Å². The van der Waals surface area contributed by atoms with Crippen LogP contribution in [0, 0.1) is 19.7 Å². The fourth-order valence-electron chi connectivity index (χ4n) is 5.04. The molecular formula is C36H40FN3O4S. The van der Waals surface area contributed by atoms with Crippen LogP contribution in [0.4, 0.5) is 10.1 Å². The van der Waals surface area contributed by atoms with Crippen molar-refractivity contribution >= 4 is 27.5 Å². The van der Waals surface area contributed by atoms with Gasteiger partial charge in [-0.15, -0.1) is 0 Å². The highest BCUT2D eigenvalue weighted by Gasteiger charge is 2.36. The van der Waals surface area contributed by atoms with Crippen LogP contribution in [0.1, 0.15) is 43.0 Å². The molecule has 2 amide bonds. The van der Waals surface area contributed by atoms with E-state index < -0.39 is 45.8 Å². The average molecular weight is 630 g/mol. The summed E-state index contributed by atoms with van der Waals surface area (Å²) in [5.74, 6) is -1.61. The lowest BCUT2D eigenvalue weighted by Gasteiger charge is -2.35. The molecule has 0 fully saturated rings. The first-order valence-electron chi connectivity index (χ1n) is 14.8. The number of carbonyl (C=O) groups excluding carboxylic acids is 2. The minimum absolute atomic E-state index is 0.0191. The number of nitrogens with zero attached hydrogens (tertiary/aromatic N) is 2. The summed E-state index contributed by atoms with van der Waals surface area (Å²) in [4.78, 5) is 29.8.